The van der Waals surface area contributed by atoms with Crippen LogP contribution >= 0.6 is 0 Å². The molecule has 0 radical (unpaired) electrons. The van der Waals surface area contributed by atoms with Crippen LogP contribution in [0.1, 0.15) is 79.6 Å². The highest BCUT2D eigenvalue weighted by Gasteiger charge is 2.41. The van der Waals surface area contributed by atoms with E-state index in [0.29, 0.717) is 12.0 Å². The highest BCUT2D eigenvalue weighted by molar-refractivity contribution is 4.87. The van der Waals surface area contributed by atoms with E-state index in [1.54, 1.807) is 0 Å². The van der Waals surface area contributed by atoms with E-state index in [2.05, 4.69) is 39.5 Å². The van der Waals surface area contributed by atoms with Gasteiger partial charge in [0.2, 0.25) is 0 Å². The molecule has 0 spiro atoms. The van der Waals surface area contributed by atoms with Gasteiger partial charge in [0.25, 0.3) is 0 Å². The third-order valence-electron chi connectivity index (χ3n) is 4.86. The van der Waals surface area contributed by atoms with Crippen LogP contribution in [-0.2, 0) is 4.74 Å². The highest BCUT2D eigenvalue weighted by atomic mass is 16.5. The van der Waals surface area contributed by atoms with Crippen LogP contribution in [0.2, 0.25) is 0 Å². The molecule has 114 valence electrons. The maximum atomic E-state index is 6.13. The summed E-state index contributed by atoms with van der Waals surface area (Å²) < 4.78 is 6.13. The minimum atomic E-state index is -0.0545. The fraction of sp³-hybridized carbons (Fsp3) is 1.00. The molecule has 0 N–H and O–H groups in total. The number of unbranched alkanes of at least 4 members (excludes halogenated alkanes) is 5. The van der Waals surface area contributed by atoms with Gasteiger partial charge in [-0.15, -0.1) is 0 Å². The van der Waals surface area contributed by atoms with Crippen LogP contribution in [0, 0.1) is 5.92 Å². The molecule has 2 atom stereocenters. The van der Waals surface area contributed by atoms with Crippen molar-refractivity contribution in [2.24, 2.45) is 5.92 Å². The van der Waals surface area contributed by atoms with Crippen molar-refractivity contribution in [1.29, 1.82) is 0 Å². The summed E-state index contributed by atoms with van der Waals surface area (Å²) in [5.74, 6) is 0.551. The minimum absolute atomic E-state index is 0.0545. The van der Waals surface area contributed by atoms with Gasteiger partial charge in [-0.3, -0.25) is 4.90 Å². The summed E-state index contributed by atoms with van der Waals surface area (Å²) in [5, 5.41) is 0. The van der Waals surface area contributed by atoms with E-state index in [1.807, 2.05) is 0 Å². The van der Waals surface area contributed by atoms with Crippen LogP contribution in [0.15, 0.2) is 0 Å². The Kier molecular flexibility index (Phi) is 7.38. The van der Waals surface area contributed by atoms with Crippen molar-refractivity contribution < 1.29 is 4.74 Å². The molecule has 0 bridgehead atoms. The number of hydrogen-bond donors (Lipinski definition) is 0. The summed E-state index contributed by atoms with van der Waals surface area (Å²) in [6.07, 6.45) is 9.41. The summed E-state index contributed by atoms with van der Waals surface area (Å²) in [6.45, 7) is 13.6. The molecule has 19 heavy (non-hydrogen) atoms. The third-order valence-corrected chi connectivity index (χ3v) is 4.86. The first kappa shape index (κ1) is 17.0. The Hall–Kier alpha value is -0.0800. The van der Waals surface area contributed by atoms with Gasteiger partial charge in [-0.05, 0) is 32.6 Å². The lowest BCUT2D eigenvalue weighted by Gasteiger charge is -2.50. The average Bonchev–Trinajstić information content (AvgIpc) is 2.36. The molecular weight excluding hydrogens is 234 g/mol. The normalized spacial score (nSPS) is 29.1. The number of ether oxygens (including phenoxy) is 1. The second-order valence-electron chi connectivity index (χ2n) is 6.66. The predicted octanol–water partition coefficient (Wildman–Crippen LogP) is 4.83. The standard InChI is InChI=1S/C17H35NO/c1-6-7-8-9-10-11-13-18-16(4)12-14-19-17(18,5)15(2)3/h15-16H,6-14H2,1-5H3. The van der Waals surface area contributed by atoms with E-state index in [4.69, 9.17) is 4.74 Å². The Morgan fingerprint density at radius 1 is 1.16 bits per heavy atom. The van der Waals surface area contributed by atoms with Crippen LogP contribution in [0.4, 0.5) is 0 Å². The second kappa shape index (κ2) is 8.26. The fourth-order valence-electron chi connectivity index (χ4n) is 3.12. The first-order valence-electron chi connectivity index (χ1n) is 8.43. The summed E-state index contributed by atoms with van der Waals surface area (Å²) in [4.78, 5) is 2.61. The van der Waals surface area contributed by atoms with E-state index in [1.165, 1.54) is 51.5 Å². The molecule has 0 aromatic carbocycles. The lowest BCUT2D eigenvalue weighted by Crippen LogP contribution is -2.59. The van der Waals surface area contributed by atoms with E-state index in [0.717, 1.165) is 6.61 Å². The maximum absolute atomic E-state index is 6.13. The van der Waals surface area contributed by atoms with E-state index in [-0.39, 0.29) is 5.72 Å². The summed E-state index contributed by atoms with van der Waals surface area (Å²) >= 11 is 0. The number of rotatable bonds is 8. The smallest absolute Gasteiger partial charge is 0.121 e. The molecule has 2 heteroatoms. The van der Waals surface area contributed by atoms with E-state index < -0.39 is 0 Å². The highest BCUT2D eigenvalue weighted by Crippen LogP contribution is 2.33. The van der Waals surface area contributed by atoms with Gasteiger partial charge in [-0.2, -0.15) is 0 Å². The molecule has 0 amide bonds. The van der Waals surface area contributed by atoms with Crippen molar-refractivity contribution in [3.63, 3.8) is 0 Å². The predicted molar refractivity (Wildman–Crippen MR) is 83.4 cm³/mol. The number of hydrogen-bond acceptors (Lipinski definition) is 2. The quantitative estimate of drug-likeness (QED) is 0.585. The van der Waals surface area contributed by atoms with Gasteiger partial charge in [0, 0.05) is 12.6 Å². The summed E-state index contributed by atoms with van der Waals surface area (Å²) in [7, 11) is 0. The molecule has 1 fully saturated rings. The Balaban J connectivity index is 2.38. The lowest BCUT2D eigenvalue weighted by atomic mass is 9.94. The topological polar surface area (TPSA) is 12.5 Å². The molecule has 2 nitrogen and oxygen atoms in total. The zero-order valence-electron chi connectivity index (χ0n) is 13.9. The average molecular weight is 269 g/mol. The fourth-order valence-corrected chi connectivity index (χ4v) is 3.12. The van der Waals surface area contributed by atoms with Gasteiger partial charge in [-0.25, -0.2) is 0 Å². The van der Waals surface area contributed by atoms with Crippen LogP contribution < -0.4 is 0 Å². The largest absolute Gasteiger partial charge is 0.360 e. The molecule has 1 aliphatic rings. The van der Waals surface area contributed by atoms with Crippen LogP contribution in [0.25, 0.3) is 0 Å². The molecule has 0 aromatic heterocycles. The van der Waals surface area contributed by atoms with Gasteiger partial charge in [0.15, 0.2) is 0 Å². The van der Waals surface area contributed by atoms with Crippen molar-refractivity contribution in [3.05, 3.63) is 0 Å². The molecule has 1 heterocycles. The van der Waals surface area contributed by atoms with Crippen molar-refractivity contribution >= 4 is 0 Å². The lowest BCUT2D eigenvalue weighted by molar-refractivity contribution is -0.217. The van der Waals surface area contributed by atoms with E-state index >= 15 is 0 Å². The Morgan fingerprint density at radius 2 is 1.79 bits per heavy atom. The molecule has 0 aromatic rings. The molecule has 0 saturated carbocycles. The summed E-state index contributed by atoms with van der Waals surface area (Å²) in [5.41, 5.74) is -0.0545. The first-order valence-corrected chi connectivity index (χ1v) is 8.43. The van der Waals surface area contributed by atoms with Crippen molar-refractivity contribution in [2.75, 3.05) is 13.2 Å². The monoisotopic (exact) mass is 269 g/mol. The van der Waals surface area contributed by atoms with E-state index in [9.17, 15) is 0 Å². The SMILES string of the molecule is CCCCCCCCN1C(C)CCOC1(C)C(C)C. The van der Waals surface area contributed by atoms with Crippen LogP contribution in [0.5, 0.6) is 0 Å². The van der Waals surface area contributed by atoms with Gasteiger partial charge in [0.05, 0.1) is 6.61 Å². The molecular formula is C17H35NO. The molecule has 0 aliphatic carbocycles. The second-order valence-corrected chi connectivity index (χ2v) is 6.66. The van der Waals surface area contributed by atoms with Gasteiger partial charge in [0.1, 0.15) is 5.72 Å². The van der Waals surface area contributed by atoms with Crippen molar-refractivity contribution in [2.45, 2.75) is 91.3 Å². The van der Waals surface area contributed by atoms with Gasteiger partial charge >= 0.3 is 0 Å². The Bertz CT molecular complexity index is 241. The minimum Gasteiger partial charge on any atom is -0.360 e. The summed E-state index contributed by atoms with van der Waals surface area (Å²) in [6, 6.07) is 0.664. The zero-order chi connectivity index (χ0) is 14.3. The molecule has 1 rings (SSSR count). The Morgan fingerprint density at radius 3 is 2.42 bits per heavy atom. The van der Waals surface area contributed by atoms with Crippen molar-refractivity contribution in [3.8, 4) is 0 Å². The van der Waals surface area contributed by atoms with Crippen LogP contribution in [-0.4, -0.2) is 29.8 Å². The molecule has 2 unspecified atom stereocenters. The molecule has 1 saturated heterocycles. The number of nitrogens with zero attached hydrogens (tertiary/aromatic N) is 1. The van der Waals surface area contributed by atoms with Crippen LogP contribution in [0.3, 0.4) is 0 Å². The first-order chi connectivity index (χ1) is 9.02. The zero-order valence-corrected chi connectivity index (χ0v) is 13.9. The van der Waals surface area contributed by atoms with Gasteiger partial charge < -0.3 is 4.74 Å². The maximum Gasteiger partial charge on any atom is 0.121 e. The van der Waals surface area contributed by atoms with Gasteiger partial charge in [-0.1, -0.05) is 52.9 Å². The Labute approximate surface area is 120 Å². The third kappa shape index (κ3) is 4.75. The molecule has 1 aliphatic heterocycles. The van der Waals surface area contributed by atoms with Crippen molar-refractivity contribution in [1.82, 2.24) is 4.90 Å².